The van der Waals surface area contributed by atoms with E-state index in [4.69, 9.17) is 9.05 Å². The van der Waals surface area contributed by atoms with Crippen LogP contribution < -0.4 is 5.32 Å². The standard InChI is InChI=1S/C23H27N5O4/c1-15-13-20(26-31-15)24-23(30)22(18-7-5-4-6-8-18)28-11-9-27(10-12-28)21(29)14-19-16(2)25-32-17(19)3/h4-8,13,22H,9-12,14H2,1-3H3,(H,24,26,30). The fourth-order valence-electron chi connectivity index (χ4n) is 4.03. The van der Waals surface area contributed by atoms with Crippen LogP contribution in [0.15, 0.2) is 45.4 Å². The Morgan fingerprint density at radius 1 is 1.03 bits per heavy atom. The average Bonchev–Trinajstić information content (AvgIpc) is 3.34. The molecule has 3 aromatic rings. The number of aromatic nitrogens is 2. The predicted molar refractivity (Wildman–Crippen MR) is 117 cm³/mol. The molecule has 2 aromatic heterocycles. The fourth-order valence-corrected chi connectivity index (χ4v) is 4.03. The molecule has 3 heterocycles. The number of hydrogen-bond acceptors (Lipinski definition) is 7. The van der Waals surface area contributed by atoms with Crippen LogP contribution >= 0.6 is 0 Å². The van der Waals surface area contributed by atoms with Crippen molar-refractivity contribution in [2.24, 2.45) is 0 Å². The van der Waals surface area contributed by atoms with Crippen LogP contribution in [-0.4, -0.2) is 58.1 Å². The highest BCUT2D eigenvalue weighted by atomic mass is 16.5. The van der Waals surface area contributed by atoms with Crippen LogP contribution in [0.1, 0.15) is 34.4 Å². The lowest BCUT2D eigenvalue weighted by atomic mass is 10.0. The smallest absolute Gasteiger partial charge is 0.247 e. The van der Waals surface area contributed by atoms with Crippen LogP contribution in [0.4, 0.5) is 5.82 Å². The van der Waals surface area contributed by atoms with Gasteiger partial charge in [0.05, 0.1) is 12.1 Å². The van der Waals surface area contributed by atoms with E-state index in [2.05, 4.69) is 20.5 Å². The van der Waals surface area contributed by atoms with E-state index in [1.807, 2.05) is 49.1 Å². The maximum atomic E-state index is 13.2. The van der Waals surface area contributed by atoms with Crippen molar-refractivity contribution in [1.29, 1.82) is 0 Å². The second kappa shape index (κ2) is 9.35. The Hall–Kier alpha value is -3.46. The first-order valence-corrected chi connectivity index (χ1v) is 10.6. The zero-order valence-electron chi connectivity index (χ0n) is 18.5. The summed E-state index contributed by atoms with van der Waals surface area (Å²) in [6.07, 6.45) is 0.273. The zero-order chi connectivity index (χ0) is 22.7. The predicted octanol–water partition coefficient (Wildman–Crippen LogP) is 2.65. The Bertz CT molecular complexity index is 1060. The summed E-state index contributed by atoms with van der Waals surface area (Å²) in [6.45, 7) is 7.69. The molecular formula is C23H27N5O4. The van der Waals surface area contributed by atoms with Crippen molar-refractivity contribution in [2.75, 3.05) is 31.5 Å². The van der Waals surface area contributed by atoms with Crippen molar-refractivity contribution < 1.29 is 18.6 Å². The first kappa shape index (κ1) is 21.8. The molecule has 1 aliphatic rings. The fraction of sp³-hybridized carbons (Fsp3) is 0.391. The lowest BCUT2D eigenvalue weighted by Gasteiger charge is -2.38. The van der Waals surface area contributed by atoms with E-state index in [0.29, 0.717) is 43.5 Å². The minimum Gasteiger partial charge on any atom is -0.361 e. The number of rotatable bonds is 6. The van der Waals surface area contributed by atoms with Crippen LogP contribution in [-0.2, 0) is 16.0 Å². The van der Waals surface area contributed by atoms with Gasteiger partial charge in [0.1, 0.15) is 17.6 Å². The van der Waals surface area contributed by atoms with Gasteiger partial charge in [-0.05, 0) is 26.3 Å². The third-order valence-electron chi connectivity index (χ3n) is 5.78. The van der Waals surface area contributed by atoms with Gasteiger partial charge < -0.3 is 19.3 Å². The van der Waals surface area contributed by atoms with Crippen LogP contribution in [0.2, 0.25) is 0 Å². The van der Waals surface area contributed by atoms with Crippen molar-refractivity contribution in [2.45, 2.75) is 33.2 Å². The Kier molecular flexibility index (Phi) is 6.36. The summed E-state index contributed by atoms with van der Waals surface area (Å²) in [7, 11) is 0. The van der Waals surface area contributed by atoms with Gasteiger partial charge in [0.15, 0.2) is 5.82 Å². The molecule has 9 heteroatoms. The molecule has 0 saturated carbocycles. The summed E-state index contributed by atoms with van der Waals surface area (Å²) in [5.41, 5.74) is 2.49. The highest BCUT2D eigenvalue weighted by molar-refractivity contribution is 5.94. The van der Waals surface area contributed by atoms with E-state index in [0.717, 1.165) is 16.8 Å². The summed E-state index contributed by atoms with van der Waals surface area (Å²) in [4.78, 5) is 30.0. The molecule has 1 aromatic carbocycles. The summed E-state index contributed by atoms with van der Waals surface area (Å²) in [5.74, 6) is 1.56. The minimum atomic E-state index is -0.493. The number of nitrogens with zero attached hydrogens (tertiary/aromatic N) is 4. The number of carbonyl (C=O) groups excluding carboxylic acids is 2. The van der Waals surface area contributed by atoms with Crippen LogP contribution in [0, 0.1) is 20.8 Å². The molecule has 0 bridgehead atoms. The molecule has 4 rings (SSSR count). The molecule has 168 valence electrons. The van der Waals surface area contributed by atoms with Gasteiger partial charge in [0.25, 0.3) is 0 Å². The summed E-state index contributed by atoms with van der Waals surface area (Å²) >= 11 is 0. The Labute approximate surface area is 186 Å². The zero-order valence-corrected chi connectivity index (χ0v) is 18.5. The number of hydrogen-bond donors (Lipinski definition) is 1. The van der Waals surface area contributed by atoms with E-state index in [9.17, 15) is 9.59 Å². The minimum absolute atomic E-state index is 0.0397. The molecule has 1 saturated heterocycles. The first-order chi connectivity index (χ1) is 15.4. The Balaban J connectivity index is 1.44. The van der Waals surface area contributed by atoms with Crippen molar-refractivity contribution in [3.05, 3.63) is 64.7 Å². The lowest BCUT2D eigenvalue weighted by Crippen LogP contribution is -2.52. The van der Waals surface area contributed by atoms with Gasteiger partial charge in [0.2, 0.25) is 11.8 Å². The van der Waals surface area contributed by atoms with Crippen molar-refractivity contribution >= 4 is 17.6 Å². The second-order valence-electron chi connectivity index (χ2n) is 8.02. The third-order valence-corrected chi connectivity index (χ3v) is 5.78. The van der Waals surface area contributed by atoms with Gasteiger partial charge in [0, 0.05) is 37.8 Å². The Morgan fingerprint density at radius 3 is 2.34 bits per heavy atom. The molecule has 32 heavy (non-hydrogen) atoms. The number of carbonyl (C=O) groups is 2. The first-order valence-electron chi connectivity index (χ1n) is 10.6. The number of benzene rings is 1. The van der Waals surface area contributed by atoms with Crippen LogP contribution in [0.5, 0.6) is 0 Å². The summed E-state index contributed by atoms with van der Waals surface area (Å²) in [6, 6.07) is 10.8. The lowest BCUT2D eigenvalue weighted by molar-refractivity contribution is -0.133. The second-order valence-corrected chi connectivity index (χ2v) is 8.02. The quantitative estimate of drug-likeness (QED) is 0.632. The highest BCUT2D eigenvalue weighted by Gasteiger charge is 2.32. The molecule has 0 aliphatic carbocycles. The molecule has 1 unspecified atom stereocenters. The molecular weight excluding hydrogens is 410 g/mol. The van der Waals surface area contributed by atoms with Crippen molar-refractivity contribution in [1.82, 2.24) is 20.1 Å². The molecule has 1 fully saturated rings. The normalized spacial score (nSPS) is 15.5. The number of nitrogens with one attached hydrogen (secondary N) is 1. The maximum absolute atomic E-state index is 13.2. The Morgan fingerprint density at radius 2 is 1.75 bits per heavy atom. The topological polar surface area (TPSA) is 105 Å². The molecule has 1 aliphatic heterocycles. The number of anilines is 1. The van der Waals surface area contributed by atoms with Gasteiger partial charge in [-0.1, -0.05) is 40.6 Å². The van der Waals surface area contributed by atoms with E-state index >= 15 is 0 Å². The van der Waals surface area contributed by atoms with Gasteiger partial charge in [-0.2, -0.15) is 0 Å². The van der Waals surface area contributed by atoms with Gasteiger partial charge in [-0.3, -0.25) is 14.5 Å². The monoisotopic (exact) mass is 437 g/mol. The van der Waals surface area contributed by atoms with Crippen molar-refractivity contribution in [3.63, 3.8) is 0 Å². The maximum Gasteiger partial charge on any atom is 0.247 e. The summed E-state index contributed by atoms with van der Waals surface area (Å²) in [5, 5.41) is 10.7. The largest absolute Gasteiger partial charge is 0.361 e. The molecule has 1 N–H and O–H groups in total. The van der Waals surface area contributed by atoms with Gasteiger partial charge in [-0.15, -0.1) is 0 Å². The summed E-state index contributed by atoms with van der Waals surface area (Å²) < 4.78 is 10.2. The molecule has 2 amide bonds. The van der Waals surface area contributed by atoms with Crippen molar-refractivity contribution in [3.8, 4) is 0 Å². The number of aryl methyl sites for hydroxylation is 3. The highest BCUT2D eigenvalue weighted by Crippen LogP contribution is 2.25. The molecule has 0 spiro atoms. The van der Waals surface area contributed by atoms with E-state index < -0.39 is 6.04 Å². The molecule has 9 nitrogen and oxygen atoms in total. The molecule has 0 radical (unpaired) electrons. The van der Waals surface area contributed by atoms with Crippen LogP contribution in [0.3, 0.4) is 0 Å². The number of amides is 2. The number of piperazine rings is 1. The third kappa shape index (κ3) is 4.72. The molecule has 1 atom stereocenters. The van der Waals surface area contributed by atoms with Gasteiger partial charge >= 0.3 is 0 Å². The van der Waals surface area contributed by atoms with E-state index in [1.54, 1.807) is 13.0 Å². The van der Waals surface area contributed by atoms with E-state index in [1.165, 1.54) is 0 Å². The average molecular weight is 438 g/mol. The SMILES string of the molecule is Cc1cc(NC(=O)C(c2ccccc2)N2CCN(C(=O)Cc3c(C)noc3C)CC2)no1. The van der Waals surface area contributed by atoms with E-state index in [-0.39, 0.29) is 18.2 Å². The van der Waals surface area contributed by atoms with Gasteiger partial charge in [-0.25, -0.2) is 0 Å². The van der Waals surface area contributed by atoms with Crippen LogP contribution in [0.25, 0.3) is 0 Å².